The average molecular weight is 457 g/mol. The Morgan fingerprint density at radius 1 is 1.16 bits per heavy atom. The first kappa shape index (κ1) is 21.2. The van der Waals surface area contributed by atoms with Gasteiger partial charge < -0.3 is 14.9 Å². The molecule has 0 aliphatic carbocycles. The van der Waals surface area contributed by atoms with Crippen LogP contribution in [0, 0.1) is 5.41 Å². The van der Waals surface area contributed by atoms with Crippen LogP contribution < -0.4 is 4.74 Å². The number of thiazole rings is 1. The third-order valence-electron chi connectivity index (χ3n) is 4.92. The van der Waals surface area contributed by atoms with Crippen LogP contribution in [0.2, 0.25) is 5.02 Å². The maximum atomic E-state index is 13.3. The van der Waals surface area contributed by atoms with Gasteiger partial charge in [-0.15, -0.1) is 0 Å². The Labute approximate surface area is 188 Å². The molecule has 0 fully saturated rings. The van der Waals surface area contributed by atoms with E-state index < -0.39 is 17.0 Å². The summed E-state index contributed by atoms with van der Waals surface area (Å²) < 4.78 is 7.72. The van der Waals surface area contributed by atoms with Crippen molar-refractivity contribution >= 4 is 38.9 Å². The van der Waals surface area contributed by atoms with E-state index in [1.54, 1.807) is 63.2 Å². The van der Waals surface area contributed by atoms with Crippen LogP contribution in [-0.4, -0.2) is 32.7 Å². The fourth-order valence-corrected chi connectivity index (χ4v) is 4.65. The normalized spacial score (nSPS) is 11.8. The summed E-state index contributed by atoms with van der Waals surface area (Å²) in [6, 6.07) is 12.4. The van der Waals surface area contributed by atoms with E-state index in [4.69, 9.17) is 16.3 Å². The first-order valence-corrected chi connectivity index (χ1v) is 10.7. The highest BCUT2D eigenvalue weighted by molar-refractivity contribution is 7.20. The number of carbonyl (C=O) groups excluding carboxylic acids is 1. The topological polar surface area (TPSA) is 84.6 Å². The number of rotatable bonds is 4. The van der Waals surface area contributed by atoms with Gasteiger partial charge in [0.1, 0.15) is 5.75 Å². The van der Waals surface area contributed by atoms with Crippen molar-refractivity contribution in [2.45, 2.75) is 20.8 Å². The van der Waals surface area contributed by atoms with Gasteiger partial charge >= 0.3 is 0 Å². The summed E-state index contributed by atoms with van der Waals surface area (Å²) in [5.41, 5.74) is 0.773. The molecule has 8 heteroatoms. The monoisotopic (exact) mass is 456 g/mol. The first-order valence-electron chi connectivity index (χ1n) is 9.54. The van der Waals surface area contributed by atoms with Crippen molar-refractivity contribution in [2.24, 2.45) is 5.41 Å². The van der Waals surface area contributed by atoms with Gasteiger partial charge in [-0.2, -0.15) is 0 Å². The lowest BCUT2D eigenvalue weighted by molar-refractivity contribution is 0.0856. The number of benzene rings is 2. The van der Waals surface area contributed by atoms with Gasteiger partial charge in [0.2, 0.25) is 5.88 Å². The molecule has 0 spiro atoms. The number of methoxy groups -OCH3 is 1. The minimum Gasteiger partial charge on any atom is -0.503 e. The van der Waals surface area contributed by atoms with Crippen LogP contribution >= 0.6 is 22.9 Å². The maximum Gasteiger partial charge on any atom is 0.242 e. The lowest BCUT2D eigenvalue weighted by Crippen LogP contribution is -2.21. The number of hydrogen-bond donors (Lipinski definition) is 2. The molecule has 2 aromatic carbocycles. The van der Waals surface area contributed by atoms with Crippen molar-refractivity contribution < 1.29 is 19.7 Å². The molecule has 4 aromatic rings. The molecule has 0 radical (unpaired) electrons. The summed E-state index contributed by atoms with van der Waals surface area (Å²) in [6.45, 7) is 5.28. The van der Waals surface area contributed by atoms with Gasteiger partial charge in [0, 0.05) is 16.0 Å². The second-order valence-corrected chi connectivity index (χ2v) is 9.56. The number of Topliss-reactive ketones (excluding diaryl/α,β-unsaturated/α-hetero) is 1. The van der Waals surface area contributed by atoms with E-state index in [-0.39, 0.29) is 11.3 Å². The summed E-state index contributed by atoms with van der Waals surface area (Å²) in [6.07, 6.45) is 0. The second kappa shape index (κ2) is 7.59. The quantitative estimate of drug-likeness (QED) is 0.365. The molecule has 31 heavy (non-hydrogen) atoms. The molecule has 2 N–H and O–H groups in total. The molecule has 6 nitrogen and oxygen atoms in total. The van der Waals surface area contributed by atoms with E-state index in [0.29, 0.717) is 32.7 Å². The summed E-state index contributed by atoms with van der Waals surface area (Å²) >= 11 is 7.40. The van der Waals surface area contributed by atoms with Crippen molar-refractivity contribution in [1.29, 1.82) is 0 Å². The number of para-hydroxylation sites is 1. The zero-order chi connectivity index (χ0) is 22.5. The molecule has 0 atom stereocenters. The zero-order valence-corrected chi connectivity index (χ0v) is 19.0. The van der Waals surface area contributed by atoms with E-state index in [1.165, 1.54) is 23.0 Å². The van der Waals surface area contributed by atoms with Crippen LogP contribution in [0.25, 0.3) is 26.6 Å². The van der Waals surface area contributed by atoms with Crippen LogP contribution in [0.4, 0.5) is 0 Å². The summed E-state index contributed by atoms with van der Waals surface area (Å²) in [4.78, 5) is 17.9. The highest BCUT2D eigenvalue weighted by Gasteiger charge is 2.36. The number of ketones is 1. The van der Waals surface area contributed by atoms with Gasteiger partial charge in [0.15, 0.2) is 16.7 Å². The average Bonchev–Trinajstić information content (AvgIpc) is 3.24. The number of carbonyl (C=O) groups is 1. The smallest absolute Gasteiger partial charge is 0.242 e. The number of fused-ring (bicyclic) bond motifs is 1. The molecule has 0 saturated heterocycles. The van der Waals surface area contributed by atoms with Crippen LogP contribution in [0.15, 0.2) is 42.5 Å². The summed E-state index contributed by atoms with van der Waals surface area (Å²) in [5.74, 6) is -0.769. The van der Waals surface area contributed by atoms with Crippen molar-refractivity contribution in [3.05, 3.63) is 53.1 Å². The predicted molar refractivity (Wildman–Crippen MR) is 123 cm³/mol. The molecule has 0 aliphatic heterocycles. The van der Waals surface area contributed by atoms with Crippen molar-refractivity contribution in [1.82, 2.24) is 9.55 Å². The molecule has 4 rings (SSSR count). The Hall–Kier alpha value is -3.03. The molecule has 0 saturated carbocycles. The predicted octanol–water partition coefficient (Wildman–Crippen LogP) is 6.06. The van der Waals surface area contributed by atoms with Crippen LogP contribution in [-0.2, 0) is 0 Å². The SMILES string of the molecule is COc1ccccc1-c1c(C(=O)C(C)(C)C)c(O)c(O)n1-c1nc2ccc(Cl)cc2s1. The molecule has 160 valence electrons. The number of aromatic nitrogens is 2. The van der Waals surface area contributed by atoms with E-state index in [9.17, 15) is 15.0 Å². The largest absolute Gasteiger partial charge is 0.503 e. The highest BCUT2D eigenvalue weighted by Crippen LogP contribution is 2.48. The number of hydrogen-bond acceptors (Lipinski definition) is 6. The van der Waals surface area contributed by atoms with Gasteiger partial charge in [0.05, 0.1) is 28.6 Å². The molecular weight excluding hydrogens is 436 g/mol. The number of ether oxygens (including phenoxy) is 1. The summed E-state index contributed by atoms with van der Waals surface area (Å²) in [7, 11) is 1.52. The lowest BCUT2D eigenvalue weighted by atomic mass is 9.85. The van der Waals surface area contributed by atoms with Gasteiger partial charge in [-0.25, -0.2) is 4.98 Å². The second-order valence-electron chi connectivity index (χ2n) is 8.12. The maximum absolute atomic E-state index is 13.3. The minimum atomic E-state index is -0.798. The van der Waals surface area contributed by atoms with Gasteiger partial charge in [-0.1, -0.05) is 55.8 Å². The van der Waals surface area contributed by atoms with E-state index >= 15 is 0 Å². The minimum absolute atomic E-state index is 0.0202. The number of halogens is 1. The standard InChI is InChI=1S/C23H21ClN2O4S/c1-23(2,3)20(28)17-18(13-7-5-6-8-15(13)30-4)26(21(29)19(17)27)22-25-14-10-9-12(24)11-16(14)31-22/h5-11,27,29H,1-4H3. The molecule has 2 heterocycles. The van der Waals surface area contributed by atoms with Crippen LogP contribution in [0.3, 0.4) is 0 Å². The Morgan fingerprint density at radius 2 is 1.87 bits per heavy atom. The fourth-order valence-electron chi connectivity index (χ4n) is 3.40. The van der Waals surface area contributed by atoms with Crippen molar-refractivity contribution in [3.8, 4) is 33.8 Å². The summed E-state index contributed by atoms with van der Waals surface area (Å²) in [5, 5.41) is 22.7. The van der Waals surface area contributed by atoms with Gasteiger partial charge in [0.25, 0.3) is 0 Å². The van der Waals surface area contributed by atoms with E-state index in [1.807, 2.05) is 0 Å². The Balaban J connectivity index is 2.11. The lowest BCUT2D eigenvalue weighted by Gasteiger charge is -2.18. The van der Waals surface area contributed by atoms with Crippen LogP contribution in [0.5, 0.6) is 17.4 Å². The third-order valence-corrected chi connectivity index (χ3v) is 6.16. The van der Waals surface area contributed by atoms with E-state index in [0.717, 1.165) is 4.70 Å². The Morgan fingerprint density at radius 3 is 2.55 bits per heavy atom. The number of aromatic hydroxyl groups is 2. The Kier molecular flexibility index (Phi) is 5.19. The van der Waals surface area contributed by atoms with Crippen molar-refractivity contribution in [3.63, 3.8) is 0 Å². The molecule has 0 amide bonds. The molecule has 0 unspecified atom stereocenters. The first-order chi connectivity index (χ1) is 14.6. The Bertz CT molecular complexity index is 1320. The van der Waals surface area contributed by atoms with Crippen LogP contribution in [0.1, 0.15) is 31.1 Å². The van der Waals surface area contributed by atoms with Gasteiger partial charge in [-0.3, -0.25) is 9.36 Å². The third kappa shape index (κ3) is 3.54. The zero-order valence-electron chi connectivity index (χ0n) is 17.4. The van der Waals surface area contributed by atoms with E-state index in [2.05, 4.69) is 4.98 Å². The number of nitrogens with zero attached hydrogens (tertiary/aromatic N) is 2. The van der Waals surface area contributed by atoms with Crippen molar-refractivity contribution in [2.75, 3.05) is 7.11 Å². The highest BCUT2D eigenvalue weighted by atomic mass is 35.5. The van der Waals surface area contributed by atoms with Gasteiger partial charge in [-0.05, 0) is 30.3 Å². The molecule has 2 aromatic heterocycles. The fraction of sp³-hybridized carbons (Fsp3) is 0.217. The molecule has 0 aliphatic rings. The molecular formula is C23H21ClN2O4S. The molecule has 0 bridgehead atoms.